The van der Waals surface area contributed by atoms with Crippen LogP contribution >= 0.6 is 11.3 Å². The molecule has 0 amide bonds. The number of nitrogens with zero attached hydrogens (tertiary/aromatic N) is 1. The third-order valence-corrected chi connectivity index (χ3v) is 7.50. The topological polar surface area (TPSA) is 76.1 Å². The summed E-state index contributed by atoms with van der Waals surface area (Å²) in [5.74, 6) is 0.962. The lowest BCUT2D eigenvalue weighted by molar-refractivity contribution is 0.223. The van der Waals surface area contributed by atoms with Crippen LogP contribution in [0.1, 0.15) is 17.9 Å². The molecule has 8 heteroatoms. The second-order valence-electron chi connectivity index (χ2n) is 6.59. The van der Waals surface area contributed by atoms with E-state index >= 15 is 0 Å². The van der Waals surface area contributed by atoms with Crippen molar-refractivity contribution >= 4 is 21.4 Å². The number of ether oxygens (including phenoxy) is 2. The van der Waals surface area contributed by atoms with Crippen LogP contribution in [0.5, 0.6) is 11.5 Å². The zero-order chi connectivity index (χ0) is 18.1. The first-order valence-corrected chi connectivity index (χ1v) is 11.0. The molecule has 2 aliphatic heterocycles. The first-order chi connectivity index (χ1) is 12.6. The summed E-state index contributed by atoms with van der Waals surface area (Å²) in [5, 5.41) is 13.7. The first kappa shape index (κ1) is 17.8. The summed E-state index contributed by atoms with van der Waals surface area (Å²) in [6.45, 7) is 1.72. The van der Waals surface area contributed by atoms with Gasteiger partial charge in [0, 0.05) is 44.0 Å². The molecule has 6 nitrogen and oxygen atoms in total. The molecule has 1 aromatic carbocycles. The van der Waals surface area contributed by atoms with Gasteiger partial charge in [0.2, 0.25) is 10.0 Å². The third-order valence-electron chi connectivity index (χ3n) is 4.97. The monoisotopic (exact) mass is 395 g/mol. The highest BCUT2D eigenvalue weighted by molar-refractivity contribution is 7.89. The molecule has 0 aliphatic carbocycles. The van der Waals surface area contributed by atoms with Gasteiger partial charge in [-0.1, -0.05) is 0 Å². The number of aliphatic hydroxyl groups excluding tert-OH is 1. The molecule has 1 saturated heterocycles. The predicted molar refractivity (Wildman–Crippen MR) is 98.4 cm³/mol. The number of thiophene rings is 1. The summed E-state index contributed by atoms with van der Waals surface area (Å²) in [6, 6.07) is 6.77. The smallest absolute Gasteiger partial charge is 0.243 e. The van der Waals surface area contributed by atoms with Gasteiger partial charge in [-0.2, -0.15) is 15.6 Å². The standard InChI is InChI=1S/C18H21NO5S2/c20-11-14-9-19(10-16(14)13-4-7-25-12-13)26(21,22)15-2-3-17-18(8-15)24-6-1-5-23-17/h2-4,7-8,12,14,16,20H,1,5-6,9-11H2/t14-,16+/m1/s1. The van der Waals surface area contributed by atoms with Crippen molar-refractivity contribution in [2.45, 2.75) is 17.2 Å². The minimum absolute atomic E-state index is 0.0152. The molecular weight excluding hydrogens is 374 g/mol. The first-order valence-electron chi connectivity index (χ1n) is 8.62. The average molecular weight is 396 g/mol. The van der Waals surface area contributed by atoms with Crippen LogP contribution in [0.4, 0.5) is 0 Å². The van der Waals surface area contributed by atoms with E-state index in [9.17, 15) is 13.5 Å². The second kappa shape index (κ2) is 7.19. The molecule has 3 heterocycles. The zero-order valence-electron chi connectivity index (χ0n) is 14.2. The summed E-state index contributed by atoms with van der Waals surface area (Å²) in [5.41, 5.74) is 1.09. The van der Waals surface area contributed by atoms with E-state index < -0.39 is 10.0 Å². The van der Waals surface area contributed by atoms with Gasteiger partial charge in [-0.3, -0.25) is 0 Å². The lowest BCUT2D eigenvalue weighted by Crippen LogP contribution is -2.29. The molecule has 26 heavy (non-hydrogen) atoms. The van der Waals surface area contributed by atoms with Crippen molar-refractivity contribution in [1.29, 1.82) is 0 Å². The normalized spacial score (nSPS) is 23.7. The van der Waals surface area contributed by atoms with Crippen LogP contribution in [-0.2, 0) is 10.0 Å². The Balaban J connectivity index is 1.62. The van der Waals surface area contributed by atoms with E-state index in [1.807, 2.05) is 16.8 Å². The fourth-order valence-electron chi connectivity index (χ4n) is 3.53. The maximum absolute atomic E-state index is 13.1. The van der Waals surface area contributed by atoms with Crippen LogP contribution in [0.25, 0.3) is 0 Å². The SMILES string of the molecule is O=S(=O)(c1ccc2c(c1)OCCCO2)N1C[C@H](CO)[C@H](c2ccsc2)C1. The molecule has 0 bridgehead atoms. The van der Waals surface area contributed by atoms with Crippen LogP contribution in [0.15, 0.2) is 39.9 Å². The second-order valence-corrected chi connectivity index (χ2v) is 9.30. The van der Waals surface area contributed by atoms with Crippen LogP contribution < -0.4 is 9.47 Å². The Morgan fingerprint density at radius 1 is 1.15 bits per heavy atom. The van der Waals surface area contributed by atoms with E-state index in [0.717, 1.165) is 12.0 Å². The Hall–Kier alpha value is -1.61. The fourth-order valence-corrected chi connectivity index (χ4v) is 5.79. The van der Waals surface area contributed by atoms with Crippen molar-refractivity contribution in [2.75, 3.05) is 32.9 Å². The molecule has 2 atom stereocenters. The van der Waals surface area contributed by atoms with Crippen molar-refractivity contribution in [3.63, 3.8) is 0 Å². The van der Waals surface area contributed by atoms with Gasteiger partial charge >= 0.3 is 0 Å². The Morgan fingerprint density at radius 3 is 2.69 bits per heavy atom. The Labute approximate surface area is 157 Å². The van der Waals surface area contributed by atoms with Crippen molar-refractivity contribution < 1.29 is 23.0 Å². The number of rotatable bonds is 4. The van der Waals surface area contributed by atoms with E-state index in [2.05, 4.69) is 0 Å². The zero-order valence-corrected chi connectivity index (χ0v) is 15.8. The molecule has 1 fully saturated rings. The van der Waals surface area contributed by atoms with Gasteiger partial charge in [-0.05, 0) is 34.5 Å². The quantitative estimate of drug-likeness (QED) is 0.860. The van der Waals surface area contributed by atoms with E-state index in [-0.39, 0.29) is 23.3 Å². The van der Waals surface area contributed by atoms with Gasteiger partial charge in [-0.15, -0.1) is 0 Å². The van der Waals surface area contributed by atoms with E-state index in [0.29, 0.717) is 37.8 Å². The largest absolute Gasteiger partial charge is 0.490 e. The van der Waals surface area contributed by atoms with Gasteiger partial charge in [0.15, 0.2) is 11.5 Å². The van der Waals surface area contributed by atoms with Crippen molar-refractivity contribution in [3.05, 3.63) is 40.6 Å². The Bertz CT molecular complexity index is 866. The van der Waals surface area contributed by atoms with Crippen LogP contribution in [-0.4, -0.2) is 50.7 Å². The van der Waals surface area contributed by atoms with Gasteiger partial charge < -0.3 is 14.6 Å². The summed E-state index contributed by atoms with van der Waals surface area (Å²) in [6.07, 6.45) is 0.767. The van der Waals surface area contributed by atoms with Crippen LogP contribution in [0.3, 0.4) is 0 Å². The molecule has 2 aromatic rings. The molecule has 0 spiro atoms. The number of hydrogen-bond donors (Lipinski definition) is 1. The highest BCUT2D eigenvalue weighted by Gasteiger charge is 2.40. The number of fused-ring (bicyclic) bond motifs is 1. The molecule has 0 radical (unpaired) electrons. The minimum Gasteiger partial charge on any atom is -0.490 e. The summed E-state index contributed by atoms with van der Waals surface area (Å²) < 4.78 is 38.9. The molecule has 0 unspecified atom stereocenters. The van der Waals surface area contributed by atoms with Gasteiger partial charge in [-0.25, -0.2) is 8.42 Å². The fraction of sp³-hybridized carbons (Fsp3) is 0.444. The van der Waals surface area contributed by atoms with Gasteiger partial charge in [0.25, 0.3) is 0 Å². The minimum atomic E-state index is -3.66. The molecular formula is C18H21NO5S2. The highest BCUT2D eigenvalue weighted by atomic mass is 32.2. The highest BCUT2D eigenvalue weighted by Crippen LogP contribution is 2.38. The van der Waals surface area contributed by atoms with Crippen LogP contribution in [0.2, 0.25) is 0 Å². The van der Waals surface area contributed by atoms with Crippen molar-refractivity contribution in [2.24, 2.45) is 5.92 Å². The number of sulfonamides is 1. The van der Waals surface area contributed by atoms with E-state index in [1.54, 1.807) is 29.5 Å². The number of benzene rings is 1. The lowest BCUT2D eigenvalue weighted by atomic mass is 9.92. The molecule has 0 saturated carbocycles. The molecule has 1 N–H and O–H groups in total. The molecule has 1 aromatic heterocycles. The van der Waals surface area contributed by atoms with E-state index in [4.69, 9.17) is 9.47 Å². The van der Waals surface area contributed by atoms with Gasteiger partial charge in [0.05, 0.1) is 18.1 Å². The lowest BCUT2D eigenvalue weighted by Gasteiger charge is -2.17. The molecule has 4 rings (SSSR count). The van der Waals surface area contributed by atoms with Gasteiger partial charge in [0.1, 0.15) is 0 Å². The Kier molecular flexibility index (Phi) is 4.92. The maximum Gasteiger partial charge on any atom is 0.243 e. The maximum atomic E-state index is 13.1. The summed E-state index contributed by atoms with van der Waals surface area (Å²) in [4.78, 5) is 0.199. The third kappa shape index (κ3) is 3.22. The molecule has 2 aliphatic rings. The predicted octanol–water partition coefficient (Wildman–Crippen LogP) is 2.31. The molecule has 140 valence electrons. The Morgan fingerprint density at radius 2 is 1.96 bits per heavy atom. The van der Waals surface area contributed by atoms with Crippen LogP contribution in [0, 0.1) is 5.92 Å². The van der Waals surface area contributed by atoms with E-state index in [1.165, 1.54) is 4.31 Å². The van der Waals surface area contributed by atoms with Crippen molar-refractivity contribution in [1.82, 2.24) is 4.31 Å². The summed E-state index contributed by atoms with van der Waals surface area (Å²) in [7, 11) is -3.66. The summed E-state index contributed by atoms with van der Waals surface area (Å²) >= 11 is 1.58. The number of hydrogen-bond acceptors (Lipinski definition) is 6. The average Bonchev–Trinajstić information content (AvgIpc) is 3.26. The number of aliphatic hydroxyl groups is 1. The van der Waals surface area contributed by atoms with Crippen molar-refractivity contribution in [3.8, 4) is 11.5 Å².